The topological polar surface area (TPSA) is 29.5 Å². The molecule has 0 unspecified atom stereocenters. The quantitative estimate of drug-likeness (QED) is 0.826. The summed E-state index contributed by atoms with van der Waals surface area (Å²) in [5, 5.41) is 9.69. The molecule has 0 saturated heterocycles. The van der Waals surface area contributed by atoms with Crippen LogP contribution in [0.4, 0.5) is 13.2 Å². The van der Waals surface area contributed by atoms with E-state index in [9.17, 15) is 18.3 Å². The van der Waals surface area contributed by atoms with Crippen molar-refractivity contribution in [3.05, 3.63) is 29.8 Å². The Bertz CT molecular complexity index is 369. The zero-order valence-electron chi connectivity index (χ0n) is 7.71. The van der Waals surface area contributed by atoms with Crippen molar-refractivity contribution < 1.29 is 23.0 Å². The average Bonchev–Trinajstić information content (AvgIpc) is 2.82. The minimum Gasteiger partial charge on any atom is -0.406 e. The molecule has 1 fully saturated rings. The van der Waals surface area contributed by atoms with Gasteiger partial charge in [0.05, 0.1) is 5.60 Å². The van der Waals surface area contributed by atoms with Gasteiger partial charge in [0.1, 0.15) is 5.75 Å². The van der Waals surface area contributed by atoms with Gasteiger partial charge in [-0.05, 0) is 30.5 Å². The monoisotopic (exact) mass is 218 g/mol. The first-order valence-corrected chi connectivity index (χ1v) is 4.48. The molecule has 1 aliphatic carbocycles. The molecule has 0 heterocycles. The van der Waals surface area contributed by atoms with Gasteiger partial charge in [0.2, 0.25) is 0 Å². The van der Waals surface area contributed by atoms with E-state index in [0.717, 1.165) is 0 Å². The first kappa shape index (κ1) is 10.3. The van der Waals surface area contributed by atoms with E-state index in [2.05, 4.69) is 4.74 Å². The standard InChI is InChI=1S/C10H9F3O2/c11-10(12,13)15-8-3-1-2-7(6-8)9(14)4-5-9/h1-3,6,14H,4-5H2. The highest BCUT2D eigenvalue weighted by molar-refractivity contribution is 5.35. The molecule has 0 aliphatic heterocycles. The molecule has 0 spiro atoms. The summed E-state index contributed by atoms with van der Waals surface area (Å²) in [6, 6.07) is 5.46. The van der Waals surface area contributed by atoms with Gasteiger partial charge in [-0.1, -0.05) is 12.1 Å². The van der Waals surface area contributed by atoms with Crippen LogP contribution in [-0.2, 0) is 5.60 Å². The Balaban J connectivity index is 2.20. The summed E-state index contributed by atoms with van der Waals surface area (Å²) in [5.41, 5.74) is -0.463. The molecule has 0 atom stereocenters. The van der Waals surface area contributed by atoms with Crippen molar-refractivity contribution in [2.24, 2.45) is 0 Å². The molecule has 2 rings (SSSR count). The van der Waals surface area contributed by atoms with Crippen LogP contribution < -0.4 is 4.74 Å². The van der Waals surface area contributed by atoms with E-state index < -0.39 is 12.0 Å². The lowest BCUT2D eigenvalue weighted by Gasteiger charge is -2.12. The Kier molecular flexibility index (Phi) is 2.15. The van der Waals surface area contributed by atoms with E-state index in [4.69, 9.17) is 0 Å². The van der Waals surface area contributed by atoms with Crippen LogP contribution in [-0.4, -0.2) is 11.5 Å². The number of halogens is 3. The molecule has 0 radical (unpaired) electrons. The van der Waals surface area contributed by atoms with Crippen molar-refractivity contribution in [1.29, 1.82) is 0 Å². The minimum absolute atomic E-state index is 0.291. The van der Waals surface area contributed by atoms with Crippen LogP contribution in [0.15, 0.2) is 24.3 Å². The lowest BCUT2D eigenvalue weighted by molar-refractivity contribution is -0.274. The molecule has 0 amide bonds. The van der Waals surface area contributed by atoms with Crippen molar-refractivity contribution in [3.8, 4) is 5.75 Å². The normalized spacial score (nSPS) is 18.7. The maximum atomic E-state index is 11.9. The van der Waals surface area contributed by atoms with Crippen molar-refractivity contribution in [2.75, 3.05) is 0 Å². The molecule has 1 saturated carbocycles. The Labute approximate surface area is 84.3 Å². The molecule has 1 N–H and O–H groups in total. The van der Waals surface area contributed by atoms with Crippen LogP contribution in [0, 0.1) is 0 Å². The van der Waals surface area contributed by atoms with E-state index >= 15 is 0 Å². The van der Waals surface area contributed by atoms with Crippen LogP contribution in [0.5, 0.6) is 5.75 Å². The van der Waals surface area contributed by atoms with Crippen molar-refractivity contribution >= 4 is 0 Å². The first-order chi connectivity index (χ1) is 6.89. The Morgan fingerprint density at radius 2 is 1.93 bits per heavy atom. The van der Waals surface area contributed by atoms with Gasteiger partial charge in [-0.15, -0.1) is 13.2 Å². The maximum Gasteiger partial charge on any atom is 0.573 e. The Morgan fingerprint density at radius 3 is 2.47 bits per heavy atom. The third-order valence-corrected chi connectivity index (χ3v) is 2.33. The number of aliphatic hydroxyl groups is 1. The zero-order valence-corrected chi connectivity index (χ0v) is 7.71. The summed E-state index contributed by atoms with van der Waals surface area (Å²) in [4.78, 5) is 0. The van der Waals surface area contributed by atoms with Crippen molar-refractivity contribution in [2.45, 2.75) is 24.8 Å². The largest absolute Gasteiger partial charge is 0.573 e. The highest BCUT2D eigenvalue weighted by atomic mass is 19.4. The summed E-state index contributed by atoms with van der Waals surface area (Å²) in [6.45, 7) is 0. The first-order valence-electron chi connectivity index (χ1n) is 4.48. The highest BCUT2D eigenvalue weighted by Gasteiger charge is 2.42. The van der Waals surface area contributed by atoms with E-state index in [0.29, 0.717) is 18.4 Å². The second-order valence-corrected chi connectivity index (χ2v) is 3.61. The van der Waals surface area contributed by atoms with Crippen LogP contribution >= 0.6 is 0 Å². The highest BCUT2D eigenvalue weighted by Crippen LogP contribution is 2.46. The Morgan fingerprint density at radius 1 is 1.27 bits per heavy atom. The molecule has 1 aliphatic rings. The molecule has 0 bridgehead atoms. The second kappa shape index (κ2) is 3.13. The maximum absolute atomic E-state index is 11.9. The number of hydrogen-bond acceptors (Lipinski definition) is 2. The van der Waals surface area contributed by atoms with Crippen LogP contribution in [0.2, 0.25) is 0 Å². The van der Waals surface area contributed by atoms with Crippen LogP contribution in [0.3, 0.4) is 0 Å². The van der Waals surface area contributed by atoms with E-state index in [1.54, 1.807) is 6.07 Å². The summed E-state index contributed by atoms with van der Waals surface area (Å²) in [6.07, 6.45) is -3.52. The lowest BCUT2D eigenvalue weighted by atomic mass is 10.1. The molecule has 1 aromatic rings. The third-order valence-electron chi connectivity index (χ3n) is 2.33. The van der Waals surface area contributed by atoms with Gasteiger partial charge in [0.25, 0.3) is 0 Å². The molecular formula is C10H9F3O2. The fraction of sp³-hybridized carbons (Fsp3) is 0.400. The van der Waals surface area contributed by atoms with Crippen molar-refractivity contribution in [3.63, 3.8) is 0 Å². The van der Waals surface area contributed by atoms with Gasteiger partial charge in [-0.25, -0.2) is 0 Å². The molecule has 2 nitrogen and oxygen atoms in total. The van der Waals surface area contributed by atoms with Gasteiger partial charge >= 0.3 is 6.36 Å². The minimum atomic E-state index is -4.69. The van der Waals surface area contributed by atoms with Crippen LogP contribution in [0.25, 0.3) is 0 Å². The molecule has 15 heavy (non-hydrogen) atoms. The van der Waals surface area contributed by atoms with Gasteiger partial charge in [0, 0.05) is 0 Å². The molecule has 1 aromatic carbocycles. The smallest absolute Gasteiger partial charge is 0.406 e. The number of benzene rings is 1. The lowest BCUT2D eigenvalue weighted by Crippen LogP contribution is -2.17. The second-order valence-electron chi connectivity index (χ2n) is 3.61. The molecule has 5 heteroatoms. The predicted molar refractivity (Wildman–Crippen MR) is 46.3 cm³/mol. The summed E-state index contributed by atoms with van der Waals surface area (Å²) < 4.78 is 39.5. The molecular weight excluding hydrogens is 209 g/mol. The summed E-state index contributed by atoms with van der Waals surface area (Å²) in [7, 11) is 0. The number of rotatable bonds is 2. The SMILES string of the molecule is OC1(c2cccc(OC(F)(F)F)c2)CC1. The fourth-order valence-corrected chi connectivity index (χ4v) is 1.39. The number of alkyl halides is 3. The average molecular weight is 218 g/mol. The number of hydrogen-bond donors (Lipinski definition) is 1. The predicted octanol–water partition coefficient (Wildman–Crippen LogP) is 2.57. The Hall–Kier alpha value is -1.23. The molecule has 0 aromatic heterocycles. The third kappa shape index (κ3) is 2.41. The van der Waals surface area contributed by atoms with E-state index in [1.807, 2.05) is 0 Å². The van der Waals surface area contributed by atoms with Gasteiger partial charge < -0.3 is 9.84 Å². The zero-order chi connectivity index (χ0) is 11.1. The van der Waals surface area contributed by atoms with Crippen LogP contribution in [0.1, 0.15) is 18.4 Å². The fourth-order valence-electron chi connectivity index (χ4n) is 1.39. The summed E-state index contributed by atoms with van der Waals surface area (Å²) >= 11 is 0. The summed E-state index contributed by atoms with van der Waals surface area (Å²) in [5.74, 6) is -0.291. The van der Waals surface area contributed by atoms with Crippen molar-refractivity contribution in [1.82, 2.24) is 0 Å². The van der Waals surface area contributed by atoms with E-state index in [-0.39, 0.29) is 5.75 Å². The van der Waals surface area contributed by atoms with Gasteiger partial charge in [0.15, 0.2) is 0 Å². The van der Waals surface area contributed by atoms with Gasteiger partial charge in [-0.3, -0.25) is 0 Å². The molecule has 82 valence electrons. The van der Waals surface area contributed by atoms with E-state index in [1.165, 1.54) is 18.2 Å². The number of ether oxygens (including phenoxy) is 1. The van der Waals surface area contributed by atoms with Gasteiger partial charge in [-0.2, -0.15) is 0 Å².